The van der Waals surface area contributed by atoms with Crippen LogP contribution in [0.3, 0.4) is 0 Å². The summed E-state index contributed by atoms with van der Waals surface area (Å²) in [6, 6.07) is 8.16. The molecule has 0 amide bonds. The molecule has 0 radical (unpaired) electrons. The van der Waals surface area contributed by atoms with Crippen LogP contribution in [0, 0.1) is 13.8 Å². The van der Waals surface area contributed by atoms with Crippen LogP contribution in [0.4, 0.5) is 5.69 Å². The van der Waals surface area contributed by atoms with Crippen molar-refractivity contribution in [1.29, 1.82) is 0 Å². The van der Waals surface area contributed by atoms with Crippen molar-refractivity contribution in [3.05, 3.63) is 44.3 Å². The molecule has 0 bridgehead atoms. The molecule has 17 heavy (non-hydrogen) atoms. The van der Waals surface area contributed by atoms with Crippen LogP contribution in [0.5, 0.6) is 0 Å². The van der Waals surface area contributed by atoms with Gasteiger partial charge in [0.15, 0.2) is 0 Å². The van der Waals surface area contributed by atoms with E-state index in [1.54, 1.807) is 11.3 Å². The van der Waals surface area contributed by atoms with E-state index in [1.165, 1.54) is 9.88 Å². The van der Waals surface area contributed by atoms with Gasteiger partial charge in [-0.15, -0.1) is 11.3 Å². The fraction of sp³-hybridized carbons (Fsp3) is 0.308. The van der Waals surface area contributed by atoms with Crippen LogP contribution < -0.4 is 5.32 Å². The molecule has 0 aliphatic carbocycles. The van der Waals surface area contributed by atoms with Gasteiger partial charge in [-0.25, -0.2) is 4.98 Å². The molecule has 0 fully saturated rings. The summed E-state index contributed by atoms with van der Waals surface area (Å²) in [5.74, 6) is 0. The van der Waals surface area contributed by atoms with Gasteiger partial charge in [0, 0.05) is 28.0 Å². The molecule has 2 rings (SSSR count). The van der Waals surface area contributed by atoms with Crippen LogP contribution >= 0.6 is 27.3 Å². The first-order chi connectivity index (χ1) is 8.16. The quantitative estimate of drug-likeness (QED) is 0.916. The number of halogens is 1. The molecule has 2 aromatic rings. The number of nitrogens with zero attached hydrogens (tertiary/aromatic N) is 1. The maximum absolute atomic E-state index is 4.53. The van der Waals surface area contributed by atoms with Crippen molar-refractivity contribution in [2.45, 2.75) is 20.3 Å². The van der Waals surface area contributed by atoms with Crippen molar-refractivity contribution in [1.82, 2.24) is 4.98 Å². The normalized spacial score (nSPS) is 10.5. The Morgan fingerprint density at radius 2 is 2.06 bits per heavy atom. The molecule has 0 atom stereocenters. The van der Waals surface area contributed by atoms with E-state index < -0.39 is 0 Å². The van der Waals surface area contributed by atoms with E-state index in [4.69, 9.17) is 0 Å². The second kappa shape index (κ2) is 5.65. The van der Waals surface area contributed by atoms with Crippen LogP contribution in [0.25, 0.3) is 0 Å². The molecule has 2 nitrogen and oxygen atoms in total. The van der Waals surface area contributed by atoms with Gasteiger partial charge in [-0.05, 0) is 41.9 Å². The number of hydrogen-bond acceptors (Lipinski definition) is 3. The molecule has 0 saturated heterocycles. The first-order valence-electron chi connectivity index (χ1n) is 5.58. The van der Waals surface area contributed by atoms with Gasteiger partial charge >= 0.3 is 0 Å². The number of nitrogens with one attached hydrogen (secondary N) is 1. The van der Waals surface area contributed by atoms with Gasteiger partial charge in [0.25, 0.3) is 0 Å². The van der Waals surface area contributed by atoms with Gasteiger partial charge in [-0.2, -0.15) is 0 Å². The zero-order chi connectivity index (χ0) is 12.3. The Kier molecular flexibility index (Phi) is 4.18. The minimum atomic E-state index is 0.912. The average molecular weight is 311 g/mol. The van der Waals surface area contributed by atoms with Crippen LogP contribution in [0.15, 0.2) is 28.7 Å². The third-order valence-corrected chi connectivity index (χ3v) is 4.43. The predicted octanol–water partition coefficient (Wildman–Crippen LogP) is 4.18. The Labute approximate surface area is 114 Å². The molecule has 4 heteroatoms. The van der Waals surface area contributed by atoms with E-state index in [-0.39, 0.29) is 0 Å². The minimum absolute atomic E-state index is 0.912. The lowest BCUT2D eigenvalue weighted by Crippen LogP contribution is -2.04. The zero-order valence-corrected chi connectivity index (χ0v) is 12.4. The standard InChI is InChI=1S/C13H15BrN2S/c1-9-10(2)17-13(16-9)7-8-15-12-6-4-3-5-11(12)14/h3-6,15H,7-8H2,1-2H3. The number of thiazole rings is 1. The summed E-state index contributed by atoms with van der Waals surface area (Å²) in [5, 5.41) is 4.62. The number of aryl methyl sites for hydroxylation is 2. The summed E-state index contributed by atoms with van der Waals surface area (Å²) in [6.07, 6.45) is 0.973. The van der Waals surface area contributed by atoms with Gasteiger partial charge in [0.2, 0.25) is 0 Å². The Balaban J connectivity index is 1.90. The Morgan fingerprint density at radius 1 is 1.29 bits per heavy atom. The summed E-state index contributed by atoms with van der Waals surface area (Å²) in [4.78, 5) is 5.85. The largest absolute Gasteiger partial charge is 0.384 e. The van der Waals surface area contributed by atoms with E-state index in [2.05, 4.69) is 46.1 Å². The Hall–Kier alpha value is -0.870. The predicted molar refractivity (Wildman–Crippen MR) is 77.9 cm³/mol. The Bertz CT molecular complexity index is 488. The topological polar surface area (TPSA) is 24.9 Å². The number of benzene rings is 1. The van der Waals surface area contributed by atoms with Gasteiger partial charge in [0.05, 0.1) is 10.7 Å². The average Bonchev–Trinajstić information content (AvgIpc) is 2.61. The second-order valence-electron chi connectivity index (χ2n) is 3.91. The van der Waals surface area contributed by atoms with Crippen molar-refractivity contribution in [3.8, 4) is 0 Å². The molecule has 0 unspecified atom stereocenters. The highest BCUT2D eigenvalue weighted by Crippen LogP contribution is 2.21. The Morgan fingerprint density at radius 3 is 2.71 bits per heavy atom. The first kappa shape index (κ1) is 12.6. The van der Waals surface area contributed by atoms with Crippen LogP contribution in [-0.4, -0.2) is 11.5 Å². The van der Waals surface area contributed by atoms with E-state index in [0.717, 1.165) is 28.8 Å². The zero-order valence-electron chi connectivity index (χ0n) is 9.96. The third-order valence-electron chi connectivity index (χ3n) is 2.60. The number of rotatable bonds is 4. The van der Waals surface area contributed by atoms with Crippen LogP contribution in [-0.2, 0) is 6.42 Å². The van der Waals surface area contributed by atoms with Gasteiger partial charge in [0.1, 0.15) is 0 Å². The SMILES string of the molecule is Cc1nc(CCNc2ccccc2Br)sc1C. The fourth-order valence-corrected chi connectivity index (χ4v) is 2.91. The summed E-state index contributed by atoms with van der Waals surface area (Å²) in [5.41, 5.74) is 2.29. The van der Waals surface area contributed by atoms with Crippen molar-refractivity contribution in [2.24, 2.45) is 0 Å². The molecule has 1 N–H and O–H groups in total. The highest BCUT2D eigenvalue weighted by atomic mass is 79.9. The van der Waals surface area contributed by atoms with Gasteiger partial charge in [-0.1, -0.05) is 12.1 Å². The maximum atomic E-state index is 4.53. The molecular weight excluding hydrogens is 296 g/mol. The lowest BCUT2D eigenvalue weighted by Gasteiger charge is -2.06. The summed E-state index contributed by atoms with van der Waals surface area (Å²) < 4.78 is 1.10. The fourth-order valence-electron chi connectivity index (χ4n) is 1.55. The van der Waals surface area contributed by atoms with E-state index >= 15 is 0 Å². The molecule has 0 aliphatic rings. The summed E-state index contributed by atoms with van der Waals surface area (Å²) in [7, 11) is 0. The van der Waals surface area contributed by atoms with Gasteiger partial charge in [-0.3, -0.25) is 0 Å². The maximum Gasteiger partial charge on any atom is 0.0948 e. The van der Waals surface area contributed by atoms with Crippen molar-refractivity contribution in [2.75, 3.05) is 11.9 Å². The lowest BCUT2D eigenvalue weighted by atomic mass is 10.3. The highest BCUT2D eigenvalue weighted by molar-refractivity contribution is 9.10. The minimum Gasteiger partial charge on any atom is -0.384 e. The molecule has 90 valence electrons. The van der Waals surface area contributed by atoms with Crippen molar-refractivity contribution < 1.29 is 0 Å². The molecule has 1 aromatic heterocycles. The lowest BCUT2D eigenvalue weighted by molar-refractivity contribution is 0.984. The molecule has 1 heterocycles. The van der Waals surface area contributed by atoms with E-state index in [1.807, 2.05) is 18.2 Å². The molecular formula is C13H15BrN2S. The monoisotopic (exact) mass is 310 g/mol. The smallest absolute Gasteiger partial charge is 0.0948 e. The number of anilines is 1. The molecule has 1 aromatic carbocycles. The number of hydrogen-bond donors (Lipinski definition) is 1. The number of aromatic nitrogens is 1. The van der Waals surface area contributed by atoms with Crippen molar-refractivity contribution >= 4 is 33.0 Å². The summed E-state index contributed by atoms with van der Waals surface area (Å²) >= 11 is 5.31. The second-order valence-corrected chi connectivity index (χ2v) is 6.05. The van der Waals surface area contributed by atoms with E-state index in [9.17, 15) is 0 Å². The van der Waals surface area contributed by atoms with Crippen molar-refractivity contribution in [3.63, 3.8) is 0 Å². The van der Waals surface area contributed by atoms with Gasteiger partial charge < -0.3 is 5.32 Å². The van der Waals surface area contributed by atoms with Crippen LogP contribution in [0.2, 0.25) is 0 Å². The van der Waals surface area contributed by atoms with Crippen LogP contribution in [0.1, 0.15) is 15.6 Å². The molecule has 0 saturated carbocycles. The summed E-state index contributed by atoms with van der Waals surface area (Å²) in [6.45, 7) is 5.10. The molecule has 0 aliphatic heterocycles. The first-order valence-corrected chi connectivity index (χ1v) is 7.19. The third kappa shape index (κ3) is 3.30. The molecule has 0 spiro atoms. The van der Waals surface area contributed by atoms with E-state index in [0.29, 0.717) is 0 Å². The number of para-hydroxylation sites is 1. The highest BCUT2D eigenvalue weighted by Gasteiger charge is 2.03.